The third-order valence-corrected chi connectivity index (χ3v) is 5.81. The van der Waals surface area contributed by atoms with E-state index >= 15 is 0 Å². The molecule has 1 atom stereocenters. The van der Waals surface area contributed by atoms with Gasteiger partial charge in [0.05, 0.1) is 23.5 Å². The lowest BCUT2D eigenvalue weighted by Crippen LogP contribution is -2.41. The fourth-order valence-corrected chi connectivity index (χ4v) is 4.28. The van der Waals surface area contributed by atoms with Crippen molar-refractivity contribution in [1.29, 1.82) is 0 Å². The van der Waals surface area contributed by atoms with E-state index in [1.54, 1.807) is 0 Å². The Labute approximate surface area is 192 Å². The highest BCUT2D eigenvalue weighted by molar-refractivity contribution is 5.96. The molecule has 1 heterocycles. The van der Waals surface area contributed by atoms with E-state index in [0.717, 1.165) is 25.0 Å². The molecule has 11 heteroatoms. The zero-order valence-corrected chi connectivity index (χ0v) is 18.1. The van der Waals surface area contributed by atoms with E-state index in [1.165, 1.54) is 18.2 Å². The third kappa shape index (κ3) is 5.28. The summed E-state index contributed by atoms with van der Waals surface area (Å²) in [5.41, 5.74) is -1.10. The molecule has 1 saturated carbocycles. The molecule has 3 N–H and O–H groups in total. The molecule has 1 amide bonds. The number of ether oxygens (including phenoxy) is 2. The summed E-state index contributed by atoms with van der Waals surface area (Å²) in [5.74, 6) is -1.30. The van der Waals surface area contributed by atoms with E-state index in [-0.39, 0.29) is 35.3 Å². The van der Waals surface area contributed by atoms with E-state index in [1.807, 2.05) is 0 Å². The lowest BCUT2D eigenvalue weighted by Gasteiger charge is -2.28. The van der Waals surface area contributed by atoms with Gasteiger partial charge in [0.15, 0.2) is 6.10 Å². The van der Waals surface area contributed by atoms with Crippen molar-refractivity contribution in [2.24, 2.45) is 0 Å². The Bertz CT molecular complexity index is 1080. The van der Waals surface area contributed by atoms with Gasteiger partial charge in [0.1, 0.15) is 17.2 Å². The van der Waals surface area contributed by atoms with Crippen LogP contribution >= 0.6 is 0 Å². The topological polar surface area (TPSA) is 79.8 Å². The van der Waals surface area contributed by atoms with Gasteiger partial charge in [-0.15, -0.1) is 0 Å². The van der Waals surface area contributed by atoms with Gasteiger partial charge < -0.3 is 25.2 Å². The second-order valence-electron chi connectivity index (χ2n) is 8.48. The van der Waals surface area contributed by atoms with Crippen LogP contribution in [0.4, 0.5) is 33.3 Å². The smallest absolute Gasteiger partial charge is 0.418 e. The number of hydrogen-bond acceptors (Lipinski definition) is 5. The van der Waals surface area contributed by atoms with Gasteiger partial charge in [-0.05, 0) is 42.5 Å². The molecule has 1 aliphatic heterocycles. The van der Waals surface area contributed by atoms with Crippen LogP contribution < -0.4 is 20.1 Å². The molecule has 0 bridgehead atoms. The molecule has 6 nitrogen and oxygen atoms in total. The van der Waals surface area contributed by atoms with Gasteiger partial charge in [-0.2, -0.15) is 22.0 Å². The maximum atomic E-state index is 13.8. The minimum absolute atomic E-state index is 0.127. The number of anilines is 2. The average molecular weight is 486 g/mol. The molecule has 0 unspecified atom stereocenters. The summed E-state index contributed by atoms with van der Waals surface area (Å²) in [5, 5.41) is 15.4. The number of phenols is 1. The Balaban J connectivity index is 1.52. The zero-order chi connectivity index (χ0) is 24.7. The molecule has 4 rings (SSSR count). The molecule has 2 aliphatic rings. The van der Waals surface area contributed by atoms with Crippen molar-refractivity contribution < 1.29 is 41.3 Å². The molecule has 184 valence electrons. The Morgan fingerprint density at radius 3 is 2.50 bits per heavy atom. The van der Waals surface area contributed by atoms with Crippen molar-refractivity contribution in [3.05, 3.63) is 41.5 Å². The molecular formula is C23H23F5N2O4. The second-order valence-corrected chi connectivity index (χ2v) is 8.48. The number of nitrogens with one attached hydrogen (secondary N) is 2. The highest BCUT2D eigenvalue weighted by Gasteiger charge is 2.37. The summed E-state index contributed by atoms with van der Waals surface area (Å²) in [7, 11) is 0. The molecule has 0 spiro atoms. The monoisotopic (exact) mass is 486 g/mol. The number of fused-ring (bicyclic) bond motifs is 1. The first-order valence-electron chi connectivity index (χ1n) is 10.8. The van der Waals surface area contributed by atoms with Gasteiger partial charge >= 0.3 is 12.3 Å². The van der Waals surface area contributed by atoms with E-state index in [4.69, 9.17) is 4.74 Å². The molecule has 2 aromatic carbocycles. The number of carbonyl (C=O) groups is 1. The van der Waals surface area contributed by atoms with Gasteiger partial charge in [0.2, 0.25) is 0 Å². The zero-order valence-electron chi connectivity index (χ0n) is 18.1. The van der Waals surface area contributed by atoms with Crippen LogP contribution in [0.5, 0.6) is 17.2 Å². The summed E-state index contributed by atoms with van der Waals surface area (Å²) in [6.07, 6.45) is -6.19. The molecule has 0 saturated heterocycles. The molecular weight excluding hydrogens is 463 g/mol. The maximum Gasteiger partial charge on any atom is 0.418 e. The van der Waals surface area contributed by atoms with Crippen LogP contribution in [0.15, 0.2) is 30.3 Å². The quantitative estimate of drug-likeness (QED) is 0.461. The number of halogens is 5. The van der Waals surface area contributed by atoms with Crippen molar-refractivity contribution in [1.82, 2.24) is 0 Å². The number of phenolic OH excluding ortho intramolecular Hbond substituents is 1. The largest absolute Gasteiger partial charge is 0.508 e. The lowest BCUT2D eigenvalue weighted by molar-refractivity contribution is -0.159. The van der Waals surface area contributed by atoms with Crippen molar-refractivity contribution >= 4 is 17.3 Å². The van der Waals surface area contributed by atoms with Crippen molar-refractivity contribution in [2.45, 2.75) is 56.9 Å². The van der Waals surface area contributed by atoms with Crippen LogP contribution in [0.1, 0.15) is 49.7 Å². The Morgan fingerprint density at radius 2 is 1.85 bits per heavy atom. The van der Waals surface area contributed by atoms with Crippen LogP contribution in [-0.2, 0) is 11.0 Å². The van der Waals surface area contributed by atoms with Crippen LogP contribution in [0.3, 0.4) is 0 Å². The van der Waals surface area contributed by atoms with Crippen LogP contribution in [0.25, 0.3) is 0 Å². The number of hydrogen-bond donors (Lipinski definition) is 3. The number of rotatable bonds is 5. The fourth-order valence-electron chi connectivity index (χ4n) is 4.28. The Hall–Kier alpha value is -3.24. The van der Waals surface area contributed by atoms with E-state index in [0.29, 0.717) is 25.5 Å². The molecule has 0 radical (unpaired) electrons. The average Bonchev–Trinajstić information content (AvgIpc) is 3.26. The van der Waals surface area contributed by atoms with Crippen molar-refractivity contribution in [3.63, 3.8) is 0 Å². The van der Waals surface area contributed by atoms with Crippen LogP contribution in [0.2, 0.25) is 0 Å². The van der Waals surface area contributed by atoms with Gasteiger partial charge in [0.25, 0.3) is 5.91 Å². The first-order valence-corrected chi connectivity index (χ1v) is 10.8. The Kier molecular flexibility index (Phi) is 6.22. The highest BCUT2D eigenvalue weighted by Crippen LogP contribution is 2.44. The first kappa shape index (κ1) is 23.9. The predicted octanol–water partition coefficient (Wildman–Crippen LogP) is 5.87. The molecule has 0 aromatic heterocycles. The van der Waals surface area contributed by atoms with Crippen molar-refractivity contribution in [3.8, 4) is 17.2 Å². The molecule has 34 heavy (non-hydrogen) atoms. The summed E-state index contributed by atoms with van der Waals surface area (Å²) in [4.78, 5) is 12.7. The molecule has 1 aliphatic carbocycles. The fraction of sp³-hybridized carbons (Fsp3) is 0.435. The lowest BCUT2D eigenvalue weighted by atomic mass is 9.94. The normalized spacial score (nSPS) is 18.6. The number of aromatic hydroxyl groups is 1. The number of alkyl halides is 5. The minimum atomic E-state index is -4.75. The minimum Gasteiger partial charge on any atom is -0.508 e. The Morgan fingerprint density at radius 1 is 1.15 bits per heavy atom. The SMILES string of the molecule is CC(F)(F)Oc1ccc2c(c1)NC[C@H](C(=O)Nc1cc(O)c(C3CCCC3)cc1C(F)(F)F)O2. The first-order chi connectivity index (χ1) is 15.9. The predicted molar refractivity (Wildman–Crippen MR) is 114 cm³/mol. The van der Waals surface area contributed by atoms with Crippen molar-refractivity contribution in [2.75, 3.05) is 17.2 Å². The summed E-state index contributed by atoms with van der Waals surface area (Å²) < 4.78 is 77.4. The van der Waals surface area contributed by atoms with Gasteiger partial charge in [-0.25, -0.2) is 0 Å². The van der Waals surface area contributed by atoms with Crippen LogP contribution in [0, 0.1) is 0 Å². The van der Waals surface area contributed by atoms with E-state index in [9.17, 15) is 31.9 Å². The van der Waals surface area contributed by atoms with Gasteiger partial charge in [0, 0.05) is 19.1 Å². The van der Waals surface area contributed by atoms with E-state index < -0.39 is 35.5 Å². The van der Waals surface area contributed by atoms with Crippen LogP contribution in [-0.4, -0.2) is 29.8 Å². The number of amides is 1. The molecule has 1 fully saturated rings. The summed E-state index contributed by atoms with van der Waals surface area (Å²) in [6, 6.07) is 5.63. The molecule has 2 aromatic rings. The van der Waals surface area contributed by atoms with Gasteiger partial charge in [-0.3, -0.25) is 4.79 Å². The number of benzene rings is 2. The summed E-state index contributed by atoms with van der Waals surface area (Å²) >= 11 is 0. The standard InChI is InChI=1S/C23H23F5N2O4/c1-22(24,25)34-13-6-7-19-17(8-13)29-11-20(33-19)21(32)30-16-10-18(31)14(12-4-2-3-5-12)9-15(16)23(26,27)28/h6-10,12,20,29,31H,2-5,11H2,1H3,(H,30,32)/t20-/m1/s1. The summed E-state index contributed by atoms with van der Waals surface area (Å²) in [6.45, 7) is 0.461. The van der Waals surface area contributed by atoms with E-state index in [2.05, 4.69) is 15.4 Å². The number of carbonyl (C=O) groups excluding carboxylic acids is 1. The van der Waals surface area contributed by atoms with Gasteiger partial charge in [-0.1, -0.05) is 12.8 Å². The third-order valence-electron chi connectivity index (χ3n) is 5.81. The maximum absolute atomic E-state index is 13.8. The second kappa shape index (κ2) is 8.84. The highest BCUT2D eigenvalue weighted by atomic mass is 19.4.